The normalized spacial score (nSPS) is 19.6. The minimum Gasteiger partial charge on any atom is -0.410 e. The fourth-order valence-electron chi connectivity index (χ4n) is 1.93. The van der Waals surface area contributed by atoms with Crippen LogP contribution in [0.2, 0.25) is 0 Å². The third-order valence-electron chi connectivity index (χ3n) is 3.08. The van der Waals surface area contributed by atoms with Gasteiger partial charge in [0.15, 0.2) is 9.84 Å². The molecule has 1 fully saturated rings. The summed E-state index contributed by atoms with van der Waals surface area (Å²) in [5.41, 5.74) is 0. The Morgan fingerprint density at radius 2 is 2.10 bits per heavy atom. The first-order chi connectivity index (χ1) is 9.54. The number of sulfone groups is 1. The number of hydrogen-bond acceptors (Lipinski definition) is 5. The predicted octanol–water partition coefficient (Wildman–Crippen LogP) is 2.00. The molecule has 20 heavy (non-hydrogen) atoms. The van der Waals surface area contributed by atoms with Crippen LogP contribution in [-0.2, 0) is 9.84 Å². The Hall–Kier alpha value is -1.21. The second-order valence-electron chi connectivity index (χ2n) is 4.36. The van der Waals surface area contributed by atoms with Crippen molar-refractivity contribution in [3.8, 4) is 5.75 Å². The quantitative estimate of drug-likeness (QED) is 0.853. The van der Waals surface area contributed by atoms with Crippen molar-refractivity contribution in [1.29, 1.82) is 0 Å². The second-order valence-corrected chi connectivity index (χ2v) is 7.95. The molecule has 1 saturated heterocycles. The van der Waals surface area contributed by atoms with Crippen LogP contribution in [0.1, 0.15) is 6.92 Å². The number of benzene rings is 1. The standard InChI is InChI=1S/C13H17NO4S2/c1-2-20(16,17)12-10-19-9-8-14(12)13(15)18-11-6-4-3-5-7-11/h3-7,12H,2,8-10H2,1H3. The van der Waals surface area contributed by atoms with Gasteiger partial charge in [0, 0.05) is 23.8 Å². The van der Waals surface area contributed by atoms with E-state index in [9.17, 15) is 13.2 Å². The summed E-state index contributed by atoms with van der Waals surface area (Å²) in [5.74, 6) is 1.57. The molecule has 1 aromatic rings. The van der Waals surface area contributed by atoms with Gasteiger partial charge in [-0.15, -0.1) is 0 Å². The lowest BCUT2D eigenvalue weighted by Crippen LogP contribution is -2.51. The van der Waals surface area contributed by atoms with Gasteiger partial charge in [-0.1, -0.05) is 25.1 Å². The molecular formula is C13H17NO4S2. The lowest BCUT2D eigenvalue weighted by Gasteiger charge is -2.33. The highest BCUT2D eigenvalue weighted by Crippen LogP contribution is 2.23. The Morgan fingerprint density at radius 3 is 2.75 bits per heavy atom. The molecule has 1 atom stereocenters. The zero-order valence-corrected chi connectivity index (χ0v) is 12.8. The smallest absolute Gasteiger partial charge is 0.410 e. The molecular weight excluding hydrogens is 298 g/mol. The first-order valence-electron chi connectivity index (χ1n) is 6.37. The van der Waals surface area contributed by atoms with Gasteiger partial charge in [-0.3, -0.25) is 4.90 Å². The van der Waals surface area contributed by atoms with Crippen molar-refractivity contribution in [2.24, 2.45) is 0 Å². The van der Waals surface area contributed by atoms with Crippen molar-refractivity contribution in [3.05, 3.63) is 30.3 Å². The van der Waals surface area contributed by atoms with Crippen molar-refractivity contribution in [1.82, 2.24) is 4.90 Å². The fourth-order valence-corrected chi connectivity index (χ4v) is 4.88. The van der Waals surface area contributed by atoms with Crippen LogP contribution in [0.4, 0.5) is 4.79 Å². The van der Waals surface area contributed by atoms with E-state index in [-0.39, 0.29) is 5.75 Å². The minimum atomic E-state index is -3.30. The van der Waals surface area contributed by atoms with Crippen molar-refractivity contribution < 1.29 is 17.9 Å². The van der Waals surface area contributed by atoms with Crippen LogP contribution in [0, 0.1) is 0 Å². The van der Waals surface area contributed by atoms with Gasteiger partial charge >= 0.3 is 6.09 Å². The van der Waals surface area contributed by atoms with E-state index in [0.717, 1.165) is 5.75 Å². The topological polar surface area (TPSA) is 63.7 Å². The van der Waals surface area contributed by atoms with Crippen LogP contribution in [0.15, 0.2) is 30.3 Å². The SMILES string of the molecule is CCS(=O)(=O)C1CSCCN1C(=O)Oc1ccccc1. The maximum absolute atomic E-state index is 12.2. The third kappa shape index (κ3) is 3.46. The van der Waals surface area contributed by atoms with Gasteiger partial charge in [0.05, 0.1) is 0 Å². The van der Waals surface area contributed by atoms with Crippen molar-refractivity contribution >= 4 is 27.7 Å². The van der Waals surface area contributed by atoms with Gasteiger partial charge in [-0.25, -0.2) is 13.2 Å². The van der Waals surface area contributed by atoms with Gasteiger partial charge in [-0.05, 0) is 12.1 Å². The van der Waals surface area contributed by atoms with Gasteiger partial charge in [0.25, 0.3) is 0 Å². The number of carbonyl (C=O) groups excluding carboxylic acids is 1. The lowest BCUT2D eigenvalue weighted by atomic mass is 10.3. The van der Waals surface area contributed by atoms with Crippen LogP contribution in [-0.4, -0.2) is 48.6 Å². The van der Waals surface area contributed by atoms with E-state index in [1.54, 1.807) is 43.0 Å². The number of nitrogens with zero attached hydrogens (tertiary/aromatic N) is 1. The van der Waals surface area contributed by atoms with Gasteiger partial charge in [-0.2, -0.15) is 11.8 Å². The monoisotopic (exact) mass is 315 g/mol. The Labute approximate surface area is 123 Å². The molecule has 1 amide bonds. The number of para-hydroxylation sites is 1. The number of thioether (sulfide) groups is 1. The van der Waals surface area contributed by atoms with Gasteiger partial charge in [0.1, 0.15) is 11.1 Å². The highest BCUT2D eigenvalue weighted by molar-refractivity contribution is 8.01. The largest absolute Gasteiger partial charge is 0.416 e. The first kappa shape index (κ1) is 15.2. The molecule has 2 rings (SSSR count). The first-order valence-corrected chi connectivity index (χ1v) is 9.24. The highest BCUT2D eigenvalue weighted by atomic mass is 32.2. The fraction of sp³-hybridized carbons (Fsp3) is 0.462. The second kappa shape index (κ2) is 6.49. The van der Waals surface area contributed by atoms with Crippen molar-refractivity contribution in [2.45, 2.75) is 12.3 Å². The van der Waals surface area contributed by atoms with E-state index in [1.165, 1.54) is 4.90 Å². The summed E-state index contributed by atoms with van der Waals surface area (Å²) in [4.78, 5) is 13.5. The summed E-state index contributed by atoms with van der Waals surface area (Å²) in [6.07, 6.45) is -0.599. The van der Waals surface area contributed by atoms with Gasteiger partial charge in [0.2, 0.25) is 0 Å². The average Bonchev–Trinajstić information content (AvgIpc) is 2.48. The predicted molar refractivity (Wildman–Crippen MR) is 79.7 cm³/mol. The van der Waals surface area contributed by atoms with Crippen LogP contribution >= 0.6 is 11.8 Å². The molecule has 5 nitrogen and oxygen atoms in total. The number of carbonyl (C=O) groups is 1. The van der Waals surface area contributed by atoms with E-state index in [2.05, 4.69) is 0 Å². The van der Waals surface area contributed by atoms with E-state index >= 15 is 0 Å². The third-order valence-corrected chi connectivity index (χ3v) is 6.37. The van der Waals surface area contributed by atoms with Crippen LogP contribution in [0.5, 0.6) is 5.75 Å². The van der Waals surface area contributed by atoms with Crippen molar-refractivity contribution in [2.75, 3.05) is 23.8 Å². The molecule has 0 bridgehead atoms. The molecule has 7 heteroatoms. The summed E-state index contributed by atoms with van der Waals surface area (Å²) in [7, 11) is -3.30. The summed E-state index contributed by atoms with van der Waals surface area (Å²) >= 11 is 1.54. The highest BCUT2D eigenvalue weighted by Gasteiger charge is 2.36. The number of ether oxygens (including phenoxy) is 1. The Bertz CT molecular complexity index is 559. The zero-order valence-electron chi connectivity index (χ0n) is 11.2. The summed E-state index contributed by atoms with van der Waals surface area (Å²) in [5, 5.41) is -0.789. The minimum absolute atomic E-state index is 0.0212. The molecule has 1 aromatic carbocycles. The molecule has 0 aromatic heterocycles. The maximum atomic E-state index is 12.2. The van der Waals surface area contributed by atoms with E-state index in [0.29, 0.717) is 18.0 Å². The number of amides is 1. The zero-order chi connectivity index (χ0) is 14.6. The molecule has 0 aliphatic carbocycles. The summed E-state index contributed by atoms with van der Waals surface area (Å²) < 4.78 is 29.4. The van der Waals surface area contributed by atoms with E-state index in [4.69, 9.17) is 4.74 Å². The number of hydrogen-bond donors (Lipinski definition) is 0. The van der Waals surface area contributed by atoms with Crippen LogP contribution in [0.3, 0.4) is 0 Å². The Morgan fingerprint density at radius 1 is 1.40 bits per heavy atom. The molecule has 0 saturated carbocycles. The summed E-state index contributed by atoms with van der Waals surface area (Å²) in [6, 6.07) is 8.67. The van der Waals surface area contributed by atoms with E-state index < -0.39 is 21.3 Å². The molecule has 0 radical (unpaired) electrons. The van der Waals surface area contributed by atoms with Crippen LogP contribution in [0.25, 0.3) is 0 Å². The maximum Gasteiger partial charge on any atom is 0.416 e. The van der Waals surface area contributed by atoms with Crippen molar-refractivity contribution in [3.63, 3.8) is 0 Å². The molecule has 1 heterocycles. The van der Waals surface area contributed by atoms with Gasteiger partial charge < -0.3 is 4.74 Å². The number of rotatable bonds is 3. The summed E-state index contributed by atoms with van der Waals surface area (Å²) in [6.45, 7) is 1.98. The van der Waals surface area contributed by atoms with Crippen LogP contribution < -0.4 is 4.74 Å². The molecule has 0 spiro atoms. The Balaban J connectivity index is 2.14. The Kier molecular flexibility index (Phi) is 4.93. The molecule has 110 valence electrons. The molecule has 1 aliphatic rings. The molecule has 0 N–H and O–H groups in total. The molecule has 1 unspecified atom stereocenters. The van der Waals surface area contributed by atoms with E-state index in [1.807, 2.05) is 6.07 Å². The average molecular weight is 315 g/mol. The molecule has 1 aliphatic heterocycles. The lowest BCUT2D eigenvalue weighted by molar-refractivity contribution is 0.151.